The van der Waals surface area contributed by atoms with Gasteiger partial charge in [-0.1, -0.05) is 11.6 Å². The summed E-state index contributed by atoms with van der Waals surface area (Å²) in [6.07, 6.45) is 1.38. The van der Waals surface area contributed by atoms with Crippen LogP contribution in [0, 0.1) is 5.82 Å². The van der Waals surface area contributed by atoms with Crippen LogP contribution >= 0.6 is 27.5 Å². The molecule has 0 aromatic heterocycles. The van der Waals surface area contributed by atoms with Crippen molar-refractivity contribution in [2.24, 2.45) is 0 Å². The molecule has 180 valence electrons. The van der Waals surface area contributed by atoms with Crippen molar-refractivity contribution in [3.05, 3.63) is 51.2 Å². The van der Waals surface area contributed by atoms with E-state index in [-0.39, 0.29) is 23.9 Å². The summed E-state index contributed by atoms with van der Waals surface area (Å²) in [7, 11) is 3.12. The van der Waals surface area contributed by atoms with E-state index < -0.39 is 0 Å². The number of hydrogen-bond acceptors (Lipinski definition) is 6. The van der Waals surface area contributed by atoms with Gasteiger partial charge in [-0.25, -0.2) is 4.39 Å². The fourth-order valence-corrected chi connectivity index (χ4v) is 4.44. The number of carbonyl (C=O) groups is 1. The van der Waals surface area contributed by atoms with Crippen molar-refractivity contribution in [2.45, 2.75) is 25.0 Å². The maximum absolute atomic E-state index is 13.2. The number of hydrogen-bond donors (Lipinski definition) is 2. The number of nitrogens with zero attached hydrogens (tertiary/aromatic N) is 1. The molecule has 1 saturated heterocycles. The molecule has 10 heteroatoms. The molecule has 7 nitrogen and oxygen atoms in total. The number of likely N-dealkylation sites (tertiary alicyclic amines) is 1. The number of benzene rings is 2. The molecule has 33 heavy (non-hydrogen) atoms. The van der Waals surface area contributed by atoms with E-state index in [0.29, 0.717) is 45.4 Å². The SMILES string of the molecule is COc1cc(N)c(Cl)cc1C(=O)N[C@H]1CCN(CCCOc2ccc(F)cc2Br)C[C@H]1OC. The van der Waals surface area contributed by atoms with Gasteiger partial charge in [-0.15, -0.1) is 0 Å². The molecule has 0 bridgehead atoms. The van der Waals surface area contributed by atoms with Crippen molar-refractivity contribution in [3.8, 4) is 11.5 Å². The van der Waals surface area contributed by atoms with Crippen LogP contribution in [0.25, 0.3) is 0 Å². The average molecular weight is 545 g/mol. The van der Waals surface area contributed by atoms with Crippen LogP contribution in [0.2, 0.25) is 5.02 Å². The van der Waals surface area contributed by atoms with Crippen LogP contribution in [0.1, 0.15) is 23.2 Å². The molecule has 1 heterocycles. The Kier molecular flexibility index (Phi) is 9.19. The number of carbonyl (C=O) groups excluding carboxylic acids is 1. The first-order valence-corrected chi connectivity index (χ1v) is 11.8. The fourth-order valence-electron chi connectivity index (χ4n) is 3.81. The minimum Gasteiger partial charge on any atom is -0.496 e. The van der Waals surface area contributed by atoms with Gasteiger partial charge in [0.15, 0.2) is 0 Å². The smallest absolute Gasteiger partial charge is 0.255 e. The molecule has 0 spiro atoms. The number of nitrogen functional groups attached to an aromatic ring is 1. The van der Waals surface area contributed by atoms with Gasteiger partial charge in [-0.3, -0.25) is 4.79 Å². The zero-order chi connectivity index (χ0) is 24.0. The second-order valence-corrected chi connectivity index (χ2v) is 9.06. The van der Waals surface area contributed by atoms with Gasteiger partial charge in [-0.2, -0.15) is 0 Å². The zero-order valence-electron chi connectivity index (χ0n) is 18.6. The Hall–Kier alpha value is -2.07. The molecule has 3 rings (SSSR count). The number of ether oxygens (including phenoxy) is 3. The third kappa shape index (κ3) is 6.72. The largest absolute Gasteiger partial charge is 0.496 e. The number of anilines is 1. The van der Waals surface area contributed by atoms with E-state index in [1.54, 1.807) is 19.2 Å². The Morgan fingerprint density at radius 2 is 2.09 bits per heavy atom. The van der Waals surface area contributed by atoms with E-state index in [1.807, 2.05) is 0 Å². The van der Waals surface area contributed by atoms with Gasteiger partial charge in [0.2, 0.25) is 0 Å². The van der Waals surface area contributed by atoms with Crippen molar-refractivity contribution < 1.29 is 23.4 Å². The number of rotatable bonds is 9. The lowest BCUT2D eigenvalue weighted by atomic mass is 10.0. The van der Waals surface area contributed by atoms with Crippen LogP contribution in [-0.4, -0.2) is 63.4 Å². The molecular weight excluding hydrogens is 517 g/mol. The Labute approximate surface area is 206 Å². The van der Waals surface area contributed by atoms with E-state index in [1.165, 1.54) is 25.3 Å². The Morgan fingerprint density at radius 3 is 2.79 bits per heavy atom. The van der Waals surface area contributed by atoms with Crippen LogP contribution in [0.3, 0.4) is 0 Å². The molecule has 2 atom stereocenters. The number of amides is 1. The highest BCUT2D eigenvalue weighted by atomic mass is 79.9. The van der Waals surface area contributed by atoms with Gasteiger partial charge in [-0.05, 0) is 53.0 Å². The monoisotopic (exact) mass is 543 g/mol. The van der Waals surface area contributed by atoms with Crippen molar-refractivity contribution in [1.82, 2.24) is 10.2 Å². The van der Waals surface area contributed by atoms with Gasteiger partial charge in [0.05, 0.1) is 46.6 Å². The summed E-state index contributed by atoms with van der Waals surface area (Å²) in [5.74, 6) is 0.389. The van der Waals surface area contributed by atoms with E-state index >= 15 is 0 Å². The molecular formula is C23H28BrClFN3O4. The molecule has 0 radical (unpaired) electrons. The summed E-state index contributed by atoms with van der Waals surface area (Å²) < 4.78 is 30.5. The van der Waals surface area contributed by atoms with Gasteiger partial charge < -0.3 is 30.2 Å². The maximum atomic E-state index is 13.2. The van der Waals surface area contributed by atoms with Gasteiger partial charge in [0.25, 0.3) is 5.91 Å². The lowest BCUT2D eigenvalue weighted by Gasteiger charge is -2.38. The first-order valence-electron chi connectivity index (χ1n) is 10.6. The minimum atomic E-state index is -0.312. The minimum absolute atomic E-state index is 0.147. The number of nitrogens with two attached hydrogens (primary N) is 1. The molecule has 2 aromatic rings. The molecule has 1 aliphatic heterocycles. The van der Waals surface area contributed by atoms with Crippen LogP contribution in [0.15, 0.2) is 34.8 Å². The van der Waals surface area contributed by atoms with Crippen LogP contribution in [0.5, 0.6) is 11.5 Å². The molecule has 0 unspecified atom stereocenters. The molecule has 3 N–H and O–H groups in total. The average Bonchev–Trinajstić information content (AvgIpc) is 2.80. The number of nitrogens with one attached hydrogen (secondary N) is 1. The van der Waals surface area contributed by atoms with Gasteiger partial charge in [0.1, 0.15) is 17.3 Å². The third-order valence-electron chi connectivity index (χ3n) is 5.60. The van der Waals surface area contributed by atoms with E-state index in [2.05, 4.69) is 26.1 Å². The molecule has 0 aliphatic carbocycles. The highest BCUT2D eigenvalue weighted by Crippen LogP contribution is 2.29. The zero-order valence-corrected chi connectivity index (χ0v) is 20.9. The maximum Gasteiger partial charge on any atom is 0.255 e. The van der Waals surface area contributed by atoms with Crippen LogP contribution < -0.4 is 20.5 Å². The Morgan fingerprint density at radius 1 is 1.30 bits per heavy atom. The Balaban J connectivity index is 1.50. The normalized spacial score (nSPS) is 18.7. The molecule has 1 amide bonds. The van der Waals surface area contributed by atoms with Gasteiger partial charge in [0, 0.05) is 32.8 Å². The van der Waals surface area contributed by atoms with E-state index in [4.69, 9.17) is 31.5 Å². The topological polar surface area (TPSA) is 86.0 Å². The summed E-state index contributed by atoms with van der Waals surface area (Å²) in [5.41, 5.74) is 6.49. The Bertz CT molecular complexity index is 981. The van der Waals surface area contributed by atoms with Crippen molar-refractivity contribution >= 4 is 39.1 Å². The predicted molar refractivity (Wildman–Crippen MR) is 130 cm³/mol. The predicted octanol–water partition coefficient (Wildman–Crippen LogP) is 4.12. The summed E-state index contributed by atoms with van der Waals surface area (Å²) in [6, 6.07) is 7.27. The molecule has 0 saturated carbocycles. The van der Waals surface area contributed by atoms with Crippen molar-refractivity contribution in [1.29, 1.82) is 0 Å². The number of methoxy groups -OCH3 is 2. The fraction of sp³-hybridized carbons (Fsp3) is 0.435. The molecule has 1 fully saturated rings. The van der Waals surface area contributed by atoms with E-state index in [9.17, 15) is 9.18 Å². The standard InChI is InChI=1S/C23H28BrClFN3O4/c1-31-21-12-18(27)17(25)11-15(21)23(30)28-19-6-8-29(13-22(19)32-2)7-3-9-33-20-5-4-14(26)10-16(20)24/h4-5,10-12,19,22H,3,6-9,13,27H2,1-2H3,(H,28,30)/t19-,22+/m0/s1. The lowest BCUT2D eigenvalue weighted by molar-refractivity contribution is 0.00526. The third-order valence-corrected chi connectivity index (χ3v) is 6.54. The van der Waals surface area contributed by atoms with Crippen LogP contribution in [-0.2, 0) is 4.74 Å². The lowest BCUT2D eigenvalue weighted by Crippen LogP contribution is -2.55. The van der Waals surface area contributed by atoms with Crippen molar-refractivity contribution in [3.63, 3.8) is 0 Å². The highest BCUT2D eigenvalue weighted by Gasteiger charge is 2.31. The summed E-state index contributed by atoms with van der Waals surface area (Å²) in [4.78, 5) is 15.2. The summed E-state index contributed by atoms with van der Waals surface area (Å²) in [6.45, 7) is 2.82. The number of halogens is 3. The number of piperidine rings is 1. The summed E-state index contributed by atoms with van der Waals surface area (Å²) >= 11 is 9.40. The molecule has 1 aliphatic rings. The second-order valence-electron chi connectivity index (χ2n) is 7.79. The van der Waals surface area contributed by atoms with E-state index in [0.717, 1.165) is 25.9 Å². The van der Waals surface area contributed by atoms with Crippen molar-refractivity contribution in [2.75, 3.05) is 46.2 Å². The highest BCUT2D eigenvalue weighted by molar-refractivity contribution is 9.10. The first kappa shape index (κ1) is 25.6. The molecule has 2 aromatic carbocycles. The quantitative estimate of drug-likeness (QED) is 0.365. The van der Waals surface area contributed by atoms with Gasteiger partial charge >= 0.3 is 0 Å². The summed E-state index contributed by atoms with van der Waals surface area (Å²) in [5, 5.41) is 3.35. The first-order chi connectivity index (χ1) is 15.8. The van der Waals surface area contributed by atoms with Crippen LogP contribution in [0.4, 0.5) is 10.1 Å². The second kappa shape index (κ2) is 11.9.